The molecule has 0 saturated carbocycles. The van der Waals surface area contributed by atoms with E-state index in [0.29, 0.717) is 6.54 Å². The first-order valence-electron chi connectivity index (χ1n) is 6.40. The smallest absolute Gasteiger partial charge is 0.243 e. The molecule has 0 unspecified atom stereocenters. The first kappa shape index (κ1) is 14.2. The Balaban J connectivity index is 2.02. The second-order valence-electron chi connectivity index (χ2n) is 4.79. The third-order valence-electron chi connectivity index (χ3n) is 3.39. The number of hydrogen-bond donors (Lipinski definition) is 1. The third kappa shape index (κ3) is 3.43. The van der Waals surface area contributed by atoms with E-state index in [-0.39, 0.29) is 10.7 Å². The normalized spacial score (nSPS) is 17.2. The average Bonchev–Trinajstić information content (AvgIpc) is 2.89. The van der Waals surface area contributed by atoms with Crippen LogP contribution < -0.4 is 5.73 Å². The molecule has 0 radical (unpaired) electrons. The molecule has 1 fully saturated rings. The number of sulfonamides is 1. The summed E-state index contributed by atoms with van der Waals surface area (Å²) in [6.45, 7) is 3.40. The van der Waals surface area contributed by atoms with Crippen LogP contribution in [-0.2, 0) is 10.0 Å². The second kappa shape index (κ2) is 5.85. The number of nitrogens with zero attached hydrogens (tertiary/aromatic N) is 3. The summed E-state index contributed by atoms with van der Waals surface area (Å²) in [7, 11) is -1.87. The number of likely N-dealkylation sites (tertiary alicyclic amines) is 1. The molecule has 0 aromatic carbocycles. The van der Waals surface area contributed by atoms with Crippen molar-refractivity contribution in [1.82, 2.24) is 14.2 Å². The van der Waals surface area contributed by atoms with Gasteiger partial charge in [0.05, 0.1) is 4.90 Å². The lowest BCUT2D eigenvalue weighted by atomic mass is 10.4. The lowest BCUT2D eigenvalue weighted by molar-refractivity contribution is 0.310. The van der Waals surface area contributed by atoms with Gasteiger partial charge in [0, 0.05) is 32.4 Å². The Labute approximate surface area is 114 Å². The molecule has 2 heterocycles. The van der Waals surface area contributed by atoms with E-state index < -0.39 is 10.0 Å². The molecule has 6 nitrogen and oxygen atoms in total. The molecule has 2 rings (SSSR count). The van der Waals surface area contributed by atoms with Crippen LogP contribution in [0.15, 0.2) is 23.2 Å². The molecule has 0 aliphatic carbocycles. The van der Waals surface area contributed by atoms with Gasteiger partial charge >= 0.3 is 0 Å². The van der Waals surface area contributed by atoms with Crippen LogP contribution in [0.25, 0.3) is 0 Å². The maximum Gasteiger partial charge on any atom is 0.243 e. The minimum atomic E-state index is -3.47. The SMILES string of the molecule is CN(CCN1CCCC1)S(=O)(=O)c1ccnc(N)c1. The van der Waals surface area contributed by atoms with Crippen molar-refractivity contribution in [2.24, 2.45) is 0 Å². The highest BCUT2D eigenvalue weighted by molar-refractivity contribution is 7.89. The molecule has 1 saturated heterocycles. The predicted molar refractivity (Wildman–Crippen MR) is 74.1 cm³/mol. The topological polar surface area (TPSA) is 79.5 Å². The van der Waals surface area contributed by atoms with Gasteiger partial charge in [0.15, 0.2) is 0 Å². The van der Waals surface area contributed by atoms with Gasteiger partial charge in [0.1, 0.15) is 5.82 Å². The van der Waals surface area contributed by atoms with Crippen LogP contribution in [0.1, 0.15) is 12.8 Å². The first-order chi connectivity index (χ1) is 9.00. The summed E-state index contributed by atoms with van der Waals surface area (Å²) in [5.74, 6) is 0.217. The van der Waals surface area contributed by atoms with Gasteiger partial charge in [-0.3, -0.25) is 0 Å². The van der Waals surface area contributed by atoms with Crippen LogP contribution in [0.2, 0.25) is 0 Å². The molecular weight excluding hydrogens is 264 g/mol. The fourth-order valence-electron chi connectivity index (χ4n) is 2.18. The molecule has 2 N–H and O–H groups in total. The van der Waals surface area contributed by atoms with Crippen LogP contribution in [0.3, 0.4) is 0 Å². The van der Waals surface area contributed by atoms with E-state index in [0.717, 1.165) is 19.6 Å². The molecule has 0 amide bonds. The monoisotopic (exact) mass is 284 g/mol. The van der Waals surface area contributed by atoms with E-state index in [1.807, 2.05) is 0 Å². The number of nitrogen functional groups attached to an aromatic ring is 1. The molecule has 106 valence electrons. The van der Waals surface area contributed by atoms with E-state index >= 15 is 0 Å². The molecule has 1 aliphatic rings. The highest BCUT2D eigenvalue weighted by Gasteiger charge is 2.22. The van der Waals surface area contributed by atoms with E-state index in [4.69, 9.17) is 5.73 Å². The van der Waals surface area contributed by atoms with Gasteiger partial charge in [-0.15, -0.1) is 0 Å². The van der Waals surface area contributed by atoms with Gasteiger partial charge in [-0.2, -0.15) is 4.31 Å². The number of rotatable bonds is 5. The van der Waals surface area contributed by atoms with Crippen molar-refractivity contribution in [3.63, 3.8) is 0 Å². The van der Waals surface area contributed by atoms with Crippen molar-refractivity contribution in [3.05, 3.63) is 18.3 Å². The minimum absolute atomic E-state index is 0.198. The summed E-state index contributed by atoms with van der Waals surface area (Å²) in [4.78, 5) is 6.29. The summed E-state index contributed by atoms with van der Waals surface area (Å²) in [6, 6.07) is 2.86. The van der Waals surface area contributed by atoms with Crippen molar-refractivity contribution in [1.29, 1.82) is 0 Å². The Hall–Kier alpha value is -1.18. The van der Waals surface area contributed by atoms with E-state index in [2.05, 4.69) is 9.88 Å². The summed E-state index contributed by atoms with van der Waals surface area (Å²) >= 11 is 0. The molecular formula is C12H20N4O2S. The number of anilines is 1. The molecule has 19 heavy (non-hydrogen) atoms. The highest BCUT2D eigenvalue weighted by Crippen LogP contribution is 2.15. The summed E-state index contributed by atoms with van der Waals surface area (Å²) in [6.07, 6.45) is 3.82. The van der Waals surface area contributed by atoms with Crippen molar-refractivity contribution >= 4 is 15.8 Å². The Bertz CT molecular complexity index is 526. The maximum atomic E-state index is 12.3. The second-order valence-corrected chi connectivity index (χ2v) is 6.84. The number of pyridine rings is 1. The van der Waals surface area contributed by atoms with Crippen LogP contribution >= 0.6 is 0 Å². The van der Waals surface area contributed by atoms with Crippen molar-refractivity contribution in [2.45, 2.75) is 17.7 Å². The summed E-state index contributed by atoms with van der Waals surface area (Å²) in [5.41, 5.74) is 5.53. The van der Waals surface area contributed by atoms with E-state index in [1.165, 1.54) is 35.5 Å². The number of hydrogen-bond acceptors (Lipinski definition) is 5. The van der Waals surface area contributed by atoms with E-state index in [9.17, 15) is 8.42 Å². The van der Waals surface area contributed by atoms with Crippen LogP contribution in [0, 0.1) is 0 Å². The zero-order chi connectivity index (χ0) is 13.9. The summed E-state index contributed by atoms with van der Waals surface area (Å²) < 4.78 is 26.0. The van der Waals surface area contributed by atoms with Gasteiger partial charge in [-0.1, -0.05) is 0 Å². The Morgan fingerprint density at radius 2 is 2.11 bits per heavy atom. The molecule has 7 heteroatoms. The van der Waals surface area contributed by atoms with Crippen LogP contribution in [0.4, 0.5) is 5.82 Å². The van der Waals surface area contributed by atoms with Gasteiger partial charge in [0.25, 0.3) is 0 Å². The first-order valence-corrected chi connectivity index (χ1v) is 7.84. The number of nitrogens with two attached hydrogens (primary N) is 1. The predicted octanol–water partition coefficient (Wildman–Crippen LogP) is 0.380. The molecule has 0 bridgehead atoms. The fourth-order valence-corrected chi connectivity index (χ4v) is 3.36. The Morgan fingerprint density at radius 1 is 1.42 bits per heavy atom. The van der Waals surface area contributed by atoms with Crippen LogP contribution in [0.5, 0.6) is 0 Å². The Kier molecular flexibility index (Phi) is 4.38. The van der Waals surface area contributed by atoms with E-state index in [1.54, 1.807) is 7.05 Å². The maximum absolute atomic E-state index is 12.3. The van der Waals surface area contributed by atoms with Crippen molar-refractivity contribution in [2.75, 3.05) is 39.0 Å². The van der Waals surface area contributed by atoms with Crippen molar-refractivity contribution in [3.8, 4) is 0 Å². The molecule has 1 aromatic heterocycles. The largest absolute Gasteiger partial charge is 0.384 e. The zero-order valence-electron chi connectivity index (χ0n) is 11.1. The highest BCUT2D eigenvalue weighted by atomic mass is 32.2. The quantitative estimate of drug-likeness (QED) is 0.845. The molecule has 1 aliphatic heterocycles. The minimum Gasteiger partial charge on any atom is -0.384 e. The average molecular weight is 284 g/mol. The van der Waals surface area contributed by atoms with Gasteiger partial charge in [-0.05, 0) is 32.0 Å². The number of likely N-dealkylation sites (N-methyl/N-ethyl adjacent to an activating group) is 1. The van der Waals surface area contributed by atoms with Gasteiger partial charge in [0.2, 0.25) is 10.0 Å². The van der Waals surface area contributed by atoms with Crippen LogP contribution in [-0.4, -0.2) is 55.8 Å². The standard InChI is InChI=1S/C12H20N4O2S/c1-15(8-9-16-6-2-3-7-16)19(17,18)11-4-5-14-12(13)10-11/h4-5,10H,2-3,6-9H2,1H3,(H2,13,14). The lowest BCUT2D eigenvalue weighted by Crippen LogP contribution is -2.35. The van der Waals surface area contributed by atoms with Crippen molar-refractivity contribution < 1.29 is 8.42 Å². The Morgan fingerprint density at radius 3 is 2.74 bits per heavy atom. The van der Waals surface area contributed by atoms with Gasteiger partial charge < -0.3 is 10.6 Å². The lowest BCUT2D eigenvalue weighted by Gasteiger charge is -2.21. The molecule has 0 spiro atoms. The zero-order valence-corrected chi connectivity index (χ0v) is 11.9. The third-order valence-corrected chi connectivity index (χ3v) is 5.24. The summed E-state index contributed by atoms with van der Waals surface area (Å²) in [5, 5.41) is 0. The number of aromatic nitrogens is 1. The molecule has 0 atom stereocenters. The fraction of sp³-hybridized carbons (Fsp3) is 0.583. The van der Waals surface area contributed by atoms with Gasteiger partial charge in [-0.25, -0.2) is 13.4 Å². The molecule has 1 aromatic rings.